The van der Waals surface area contributed by atoms with Crippen LogP contribution in [0.3, 0.4) is 0 Å². The Labute approximate surface area is 118 Å². The molecule has 0 spiro atoms. The van der Waals surface area contributed by atoms with Crippen LogP contribution in [-0.4, -0.2) is 18.6 Å². The Morgan fingerprint density at radius 1 is 1.30 bits per heavy atom. The van der Waals surface area contributed by atoms with E-state index in [-0.39, 0.29) is 11.9 Å². The zero-order valence-corrected chi connectivity index (χ0v) is 11.8. The van der Waals surface area contributed by atoms with E-state index in [0.29, 0.717) is 12.3 Å². The van der Waals surface area contributed by atoms with Crippen molar-refractivity contribution in [2.45, 2.75) is 19.4 Å². The maximum atomic E-state index is 13.3. The molecule has 2 rings (SSSR count). The molecule has 0 aliphatic carbocycles. The van der Waals surface area contributed by atoms with Gasteiger partial charge < -0.3 is 10.1 Å². The molecule has 0 aliphatic rings. The van der Waals surface area contributed by atoms with E-state index in [1.807, 2.05) is 25.1 Å². The van der Waals surface area contributed by atoms with Crippen molar-refractivity contribution in [1.29, 1.82) is 0 Å². The highest BCUT2D eigenvalue weighted by atomic mass is 19.1. The van der Waals surface area contributed by atoms with Gasteiger partial charge in [-0.2, -0.15) is 0 Å². The molecular weight excluding hydrogens is 255 g/mol. The predicted molar refractivity (Wildman–Crippen MR) is 77.3 cm³/mol. The van der Waals surface area contributed by atoms with Crippen LogP contribution >= 0.6 is 0 Å². The number of likely N-dealkylation sites (N-methyl/N-ethyl adjacent to an activating group) is 1. The van der Waals surface area contributed by atoms with Crippen molar-refractivity contribution in [2.24, 2.45) is 0 Å². The Balaban J connectivity index is 2.26. The highest BCUT2D eigenvalue weighted by Crippen LogP contribution is 2.25. The highest BCUT2D eigenvalue weighted by Gasteiger charge is 2.16. The van der Waals surface area contributed by atoms with E-state index in [4.69, 9.17) is 4.74 Å². The molecule has 0 fully saturated rings. The van der Waals surface area contributed by atoms with Crippen LogP contribution in [0.2, 0.25) is 0 Å². The lowest BCUT2D eigenvalue weighted by molar-refractivity contribution is 0.382. The molecule has 3 nitrogen and oxygen atoms in total. The van der Waals surface area contributed by atoms with Gasteiger partial charge in [-0.3, -0.25) is 0 Å². The average molecular weight is 274 g/mol. The molecule has 1 unspecified atom stereocenters. The first-order valence-electron chi connectivity index (χ1n) is 6.71. The summed E-state index contributed by atoms with van der Waals surface area (Å²) in [6.45, 7) is 2.86. The van der Waals surface area contributed by atoms with E-state index in [2.05, 4.69) is 10.3 Å². The SMILES string of the molecule is CCNC(Cc1cccc(F)c1)c1cccnc1OC. The van der Waals surface area contributed by atoms with E-state index < -0.39 is 0 Å². The normalized spacial score (nSPS) is 12.2. The maximum absolute atomic E-state index is 13.3. The number of methoxy groups -OCH3 is 1. The molecule has 1 heterocycles. The molecule has 0 bridgehead atoms. The van der Waals surface area contributed by atoms with Gasteiger partial charge in [0, 0.05) is 17.8 Å². The lowest BCUT2D eigenvalue weighted by Gasteiger charge is -2.20. The molecule has 1 atom stereocenters. The predicted octanol–water partition coefficient (Wildman–Crippen LogP) is 3.12. The van der Waals surface area contributed by atoms with Gasteiger partial charge in [-0.25, -0.2) is 9.37 Å². The van der Waals surface area contributed by atoms with Crippen molar-refractivity contribution in [3.8, 4) is 5.88 Å². The number of pyridine rings is 1. The van der Waals surface area contributed by atoms with Crippen LogP contribution in [0, 0.1) is 5.82 Å². The second kappa shape index (κ2) is 7.01. The quantitative estimate of drug-likeness (QED) is 0.878. The van der Waals surface area contributed by atoms with Crippen LogP contribution in [0.5, 0.6) is 5.88 Å². The molecular formula is C16H19FN2O. The largest absolute Gasteiger partial charge is 0.481 e. The van der Waals surface area contributed by atoms with E-state index in [0.717, 1.165) is 17.7 Å². The van der Waals surface area contributed by atoms with E-state index in [1.165, 1.54) is 6.07 Å². The van der Waals surface area contributed by atoms with Crippen molar-refractivity contribution in [3.05, 3.63) is 59.5 Å². The summed E-state index contributed by atoms with van der Waals surface area (Å²) in [6.07, 6.45) is 2.39. The lowest BCUT2D eigenvalue weighted by Crippen LogP contribution is -2.23. The number of benzene rings is 1. The number of hydrogen-bond donors (Lipinski definition) is 1. The number of ether oxygens (including phenoxy) is 1. The van der Waals surface area contributed by atoms with E-state index >= 15 is 0 Å². The first-order valence-corrected chi connectivity index (χ1v) is 6.71. The van der Waals surface area contributed by atoms with Crippen LogP contribution in [0.1, 0.15) is 24.1 Å². The van der Waals surface area contributed by atoms with Crippen LogP contribution in [0.15, 0.2) is 42.6 Å². The third kappa shape index (κ3) is 3.54. The first kappa shape index (κ1) is 14.5. The molecule has 106 valence electrons. The summed E-state index contributed by atoms with van der Waals surface area (Å²) in [7, 11) is 1.61. The summed E-state index contributed by atoms with van der Waals surface area (Å²) in [4.78, 5) is 4.22. The van der Waals surface area contributed by atoms with Crippen molar-refractivity contribution in [3.63, 3.8) is 0 Å². The number of rotatable bonds is 6. The van der Waals surface area contributed by atoms with Crippen molar-refractivity contribution in [2.75, 3.05) is 13.7 Å². The maximum Gasteiger partial charge on any atom is 0.217 e. The number of nitrogens with one attached hydrogen (secondary N) is 1. The average Bonchev–Trinajstić information content (AvgIpc) is 2.47. The molecule has 20 heavy (non-hydrogen) atoms. The molecule has 0 radical (unpaired) electrons. The Hall–Kier alpha value is -1.94. The molecule has 0 amide bonds. The zero-order chi connectivity index (χ0) is 14.4. The smallest absolute Gasteiger partial charge is 0.217 e. The Morgan fingerprint density at radius 2 is 2.15 bits per heavy atom. The summed E-state index contributed by atoms with van der Waals surface area (Å²) in [5, 5.41) is 3.40. The fourth-order valence-corrected chi connectivity index (χ4v) is 2.28. The van der Waals surface area contributed by atoms with Crippen molar-refractivity contribution in [1.82, 2.24) is 10.3 Å². The molecule has 1 aromatic carbocycles. The van der Waals surface area contributed by atoms with Crippen LogP contribution in [0.25, 0.3) is 0 Å². The van der Waals surface area contributed by atoms with Gasteiger partial charge in [0.25, 0.3) is 0 Å². The monoisotopic (exact) mass is 274 g/mol. The minimum atomic E-state index is -0.212. The van der Waals surface area contributed by atoms with Crippen molar-refractivity contribution < 1.29 is 9.13 Å². The third-order valence-electron chi connectivity index (χ3n) is 3.15. The molecule has 0 aliphatic heterocycles. The molecule has 2 aromatic rings. The number of halogens is 1. The lowest BCUT2D eigenvalue weighted by atomic mass is 9.99. The number of aromatic nitrogens is 1. The van der Waals surface area contributed by atoms with Crippen LogP contribution < -0.4 is 10.1 Å². The van der Waals surface area contributed by atoms with Gasteiger partial charge in [0.2, 0.25) is 5.88 Å². The minimum absolute atomic E-state index is 0.0467. The Kier molecular flexibility index (Phi) is 5.07. The van der Waals surface area contributed by atoms with Gasteiger partial charge in [0.15, 0.2) is 0 Å². The standard InChI is InChI=1S/C16H19FN2O/c1-3-18-15(11-12-6-4-7-13(17)10-12)14-8-5-9-19-16(14)20-2/h4-10,15,18H,3,11H2,1-2H3. The van der Waals surface area contributed by atoms with Gasteiger partial charge in [-0.05, 0) is 36.7 Å². The molecule has 4 heteroatoms. The number of nitrogens with zero attached hydrogens (tertiary/aromatic N) is 1. The van der Waals surface area contributed by atoms with Crippen LogP contribution in [-0.2, 0) is 6.42 Å². The minimum Gasteiger partial charge on any atom is -0.481 e. The second-order valence-corrected chi connectivity index (χ2v) is 4.55. The van der Waals surface area contributed by atoms with Gasteiger partial charge in [0.1, 0.15) is 5.82 Å². The third-order valence-corrected chi connectivity index (χ3v) is 3.15. The molecule has 0 saturated carbocycles. The van der Waals surface area contributed by atoms with Crippen LogP contribution in [0.4, 0.5) is 4.39 Å². The molecule has 1 aromatic heterocycles. The fraction of sp³-hybridized carbons (Fsp3) is 0.312. The zero-order valence-electron chi connectivity index (χ0n) is 11.8. The summed E-state index contributed by atoms with van der Waals surface area (Å²) in [5.41, 5.74) is 1.93. The summed E-state index contributed by atoms with van der Waals surface area (Å²) in [6, 6.07) is 10.6. The van der Waals surface area contributed by atoms with Gasteiger partial charge in [-0.15, -0.1) is 0 Å². The Morgan fingerprint density at radius 3 is 2.85 bits per heavy atom. The molecule has 1 N–H and O–H groups in total. The fourth-order valence-electron chi connectivity index (χ4n) is 2.28. The van der Waals surface area contributed by atoms with E-state index in [9.17, 15) is 4.39 Å². The van der Waals surface area contributed by atoms with Gasteiger partial charge >= 0.3 is 0 Å². The second-order valence-electron chi connectivity index (χ2n) is 4.55. The number of hydrogen-bond acceptors (Lipinski definition) is 3. The topological polar surface area (TPSA) is 34.2 Å². The van der Waals surface area contributed by atoms with E-state index in [1.54, 1.807) is 25.4 Å². The highest BCUT2D eigenvalue weighted by molar-refractivity contribution is 5.31. The summed E-state index contributed by atoms with van der Waals surface area (Å²) < 4.78 is 18.6. The summed E-state index contributed by atoms with van der Waals surface area (Å²) in [5.74, 6) is 0.394. The summed E-state index contributed by atoms with van der Waals surface area (Å²) >= 11 is 0. The Bertz CT molecular complexity index is 560. The van der Waals surface area contributed by atoms with Crippen molar-refractivity contribution >= 4 is 0 Å². The molecule has 0 saturated heterocycles. The van der Waals surface area contributed by atoms with Gasteiger partial charge in [-0.1, -0.05) is 25.1 Å². The first-order chi connectivity index (χ1) is 9.74. The van der Waals surface area contributed by atoms with Gasteiger partial charge in [0.05, 0.1) is 7.11 Å².